The predicted octanol–water partition coefficient (Wildman–Crippen LogP) is 3.87. The van der Waals surface area contributed by atoms with E-state index in [4.69, 9.17) is 9.47 Å². The fourth-order valence-electron chi connectivity index (χ4n) is 4.23. The first-order valence-electron chi connectivity index (χ1n) is 11.1. The number of hydrogen-bond acceptors (Lipinski definition) is 9. The number of thiazole rings is 1. The molecule has 2 aromatic rings. The summed E-state index contributed by atoms with van der Waals surface area (Å²) in [5, 5.41) is 14.5. The minimum absolute atomic E-state index is 0.00411. The van der Waals surface area contributed by atoms with Gasteiger partial charge in [0, 0.05) is 24.5 Å². The number of likely N-dealkylation sites (tertiary alicyclic amines) is 1. The molecule has 14 heteroatoms. The molecule has 1 saturated heterocycles. The van der Waals surface area contributed by atoms with Crippen molar-refractivity contribution in [2.75, 3.05) is 19.7 Å². The van der Waals surface area contributed by atoms with Crippen LogP contribution >= 0.6 is 11.3 Å². The maximum absolute atomic E-state index is 14.3. The molecule has 1 aromatic carbocycles. The van der Waals surface area contributed by atoms with Crippen molar-refractivity contribution in [3.05, 3.63) is 63.4 Å². The minimum atomic E-state index is -3.27. The van der Waals surface area contributed by atoms with Gasteiger partial charge in [0.25, 0.3) is 5.92 Å². The maximum Gasteiger partial charge on any atom is 0.513 e. The topological polar surface area (TPSA) is 113 Å². The van der Waals surface area contributed by atoms with Gasteiger partial charge in [-0.1, -0.05) is 6.07 Å². The molecule has 0 amide bonds. The number of alkyl halides is 2. The number of hydrogen-bond donors (Lipinski definition) is 2. The summed E-state index contributed by atoms with van der Waals surface area (Å²) in [7, 11) is 0. The van der Waals surface area contributed by atoms with Gasteiger partial charge in [-0.3, -0.25) is 9.69 Å². The van der Waals surface area contributed by atoms with E-state index in [0.29, 0.717) is 5.01 Å². The van der Waals surface area contributed by atoms with Gasteiger partial charge >= 0.3 is 12.1 Å². The number of rotatable bonds is 7. The van der Waals surface area contributed by atoms with Crippen molar-refractivity contribution in [1.82, 2.24) is 15.2 Å². The van der Waals surface area contributed by atoms with Gasteiger partial charge in [-0.05, 0) is 31.5 Å². The fraction of sp³-hybridized carbons (Fsp3) is 0.391. The number of nitrogens with zero attached hydrogens (tertiary/aromatic N) is 3. The molecule has 0 radical (unpaired) electrons. The lowest BCUT2D eigenvalue weighted by Gasteiger charge is -2.36. The highest BCUT2D eigenvalue weighted by molar-refractivity contribution is 7.11. The van der Waals surface area contributed by atoms with Crippen LogP contribution in [0.5, 0.6) is 0 Å². The van der Waals surface area contributed by atoms with Gasteiger partial charge in [0.15, 0.2) is 28.2 Å². The normalized spacial score (nSPS) is 23.4. The number of aliphatic carboxylic acids is 1. The second-order valence-corrected chi connectivity index (χ2v) is 9.43. The third-order valence-electron chi connectivity index (χ3n) is 5.90. The molecule has 2 N–H and O–H groups in total. The van der Waals surface area contributed by atoms with Crippen LogP contribution in [0.25, 0.3) is 0 Å². The van der Waals surface area contributed by atoms with Crippen molar-refractivity contribution in [1.29, 1.82) is 0 Å². The zero-order valence-corrected chi connectivity index (χ0v) is 20.5. The van der Waals surface area contributed by atoms with Crippen molar-refractivity contribution in [3.8, 4) is 0 Å². The number of carbonyl (C=O) groups excluding carboxylic acids is 1. The molecule has 2 aliphatic rings. The van der Waals surface area contributed by atoms with E-state index in [1.165, 1.54) is 37.4 Å². The average molecular weight is 543 g/mol. The van der Waals surface area contributed by atoms with Crippen LogP contribution in [-0.2, 0) is 19.8 Å². The van der Waals surface area contributed by atoms with E-state index in [1.807, 2.05) is 0 Å². The summed E-state index contributed by atoms with van der Waals surface area (Å²) in [5.74, 6) is -7.14. The molecule has 1 fully saturated rings. The number of amidine groups is 1. The van der Waals surface area contributed by atoms with Crippen molar-refractivity contribution in [3.63, 3.8) is 0 Å². The summed E-state index contributed by atoms with van der Waals surface area (Å²) >= 11 is 1.18. The van der Waals surface area contributed by atoms with E-state index < -0.39 is 60.8 Å². The van der Waals surface area contributed by atoms with Crippen LogP contribution in [0.2, 0.25) is 0 Å². The molecule has 1 aromatic heterocycles. The molecule has 0 aliphatic carbocycles. The average Bonchev–Trinajstić information content (AvgIpc) is 3.46. The Morgan fingerprint density at radius 1 is 1.30 bits per heavy atom. The number of carboxylic acid groups (broad SMARTS) is 1. The van der Waals surface area contributed by atoms with Crippen molar-refractivity contribution in [2.24, 2.45) is 4.99 Å². The van der Waals surface area contributed by atoms with Gasteiger partial charge in [-0.2, -0.15) is 0 Å². The minimum Gasteiger partial charge on any atom is -0.480 e. The Bertz CT molecular complexity index is 1270. The Hall–Kier alpha value is -3.52. The Morgan fingerprint density at radius 2 is 2.05 bits per heavy atom. The molecule has 2 atom stereocenters. The highest BCUT2D eigenvalue weighted by Gasteiger charge is 2.50. The number of carboxylic acids is 1. The molecule has 198 valence electrons. The van der Waals surface area contributed by atoms with Crippen LogP contribution in [0.3, 0.4) is 0 Å². The van der Waals surface area contributed by atoms with Crippen molar-refractivity contribution >= 4 is 29.3 Å². The smallest absolute Gasteiger partial charge is 0.480 e. The largest absolute Gasteiger partial charge is 0.513 e. The Morgan fingerprint density at radius 3 is 2.68 bits per heavy atom. The molecule has 2 aliphatic heterocycles. The molecule has 0 bridgehead atoms. The van der Waals surface area contributed by atoms with E-state index >= 15 is 0 Å². The number of aliphatic imine (C=N–C) groups is 1. The molecular weight excluding hydrogens is 520 g/mol. The SMILES string of the molecule is CCOC(=O)OC1=C(CN2CC(F)(F)C[C@H]2C(=O)O)NC(c2nccs2)=N[C@]1(C)c1ccc(F)c(F)c1. The van der Waals surface area contributed by atoms with E-state index in [2.05, 4.69) is 15.3 Å². The molecule has 0 unspecified atom stereocenters. The maximum atomic E-state index is 14.3. The Balaban J connectivity index is 1.87. The number of carbonyl (C=O) groups is 2. The number of halogens is 4. The molecule has 4 rings (SSSR count). The number of benzene rings is 1. The third-order valence-corrected chi connectivity index (χ3v) is 6.68. The monoisotopic (exact) mass is 542 g/mol. The van der Waals surface area contributed by atoms with Crippen LogP contribution in [0, 0.1) is 11.6 Å². The Labute approximate surface area is 212 Å². The Kier molecular flexibility index (Phi) is 7.24. The first-order chi connectivity index (χ1) is 17.4. The van der Waals surface area contributed by atoms with Gasteiger partial charge in [0.1, 0.15) is 11.6 Å². The molecular formula is C23H22F4N4O5S. The molecule has 0 spiro atoms. The first kappa shape index (κ1) is 26.5. The fourth-order valence-corrected chi connectivity index (χ4v) is 4.81. The van der Waals surface area contributed by atoms with E-state index in [1.54, 1.807) is 5.38 Å². The zero-order valence-electron chi connectivity index (χ0n) is 19.6. The molecule has 37 heavy (non-hydrogen) atoms. The van der Waals surface area contributed by atoms with E-state index in [-0.39, 0.29) is 29.5 Å². The van der Waals surface area contributed by atoms with Crippen molar-refractivity contribution in [2.45, 2.75) is 37.8 Å². The van der Waals surface area contributed by atoms with Crippen molar-refractivity contribution < 1.29 is 41.7 Å². The van der Waals surface area contributed by atoms with E-state index in [9.17, 15) is 32.3 Å². The second-order valence-electron chi connectivity index (χ2n) is 8.54. The van der Waals surface area contributed by atoms with Crippen LogP contribution in [-0.4, -0.2) is 64.6 Å². The highest BCUT2D eigenvalue weighted by atomic mass is 32.1. The predicted molar refractivity (Wildman–Crippen MR) is 123 cm³/mol. The molecule has 9 nitrogen and oxygen atoms in total. The van der Waals surface area contributed by atoms with Gasteiger partial charge in [0.2, 0.25) is 0 Å². The third kappa shape index (κ3) is 5.44. The summed E-state index contributed by atoms with van der Waals surface area (Å²) in [5.41, 5.74) is -1.62. The summed E-state index contributed by atoms with van der Waals surface area (Å²) in [6.45, 7) is 1.64. The summed E-state index contributed by atoms with van der Waals surface area (Å²) in [6.07, 6.45) is -0.563. The number of ether oxygens (including phenoxy) is 2. The quantitative estimate of drug-likeness (QED) is 0.401. The van der Waals surface area contributed by atoms with Crippen LogP contribution in [0.1, 0.15) is 30.8 Å². The standard InChI is InChI=1S/C23H22F4N4O5S/c1-3-35-21(34)36-17-15(10-31-11-23(26,27)9-16(31)20(32)33)29-18(19-28-6-7-37-19)30-22(17,2)12-4-5-13(24)14(25)8-12/h4-8,16H,3,9-11H2,1-2H3,(H,29,30)(H,32,33)/t16-,22+/m0/s1. The lowest BCUT2D eigenvalue weighted by molar-refractivity contribution is -0.142. The zero-order chi connectivity index (χ0) is 27.0. The van der Waals surface area contributed by atoms with Gasteiger partial charge < -0.3 is 19.9 Å². The van der Waals surface area contributed by atoms with Crippen LogP contribution < -0.4 is 5.32 Å². The van der Waals surface area contributed by atoms with E-state index in [0.717, 1.165) is 17.0 Å². The molecule has 3 heterocycles. The summed E-state index contributed by atoms with van der Waals surface area (Å²) in [6, 6.07) is 1.47. The lowest BCUT2D eigenvalue weighted by Crippen LogP contribution is -2.46. The number of aromatic nitrogens is 1. The van der Waals surface area contributed by atoms with Crippen LogP contribution in [0.4, 0.5) is 22.4 Å². The first-order valence-corrected chi connectivity index (χ1v) is 12.0. The molecule has 0 saturated carbocycles. The summed E-state index contributed by atoms with van der Waals surface area (Å²) in [4.78, 5) is 33.9. The van der Waals surface area contributed by atoms with Crippen LogP contribution in [0.15, 0.2) is 46.2 Å². The van der Waals surface area contributed by atoms with Gasteiger partial charge in [-0.15, -0.1) is 11.3 Å². The summed E-state index contributed by atoms with van der Waals surface area (Å²) < 4.78 is 66.8. The van der Waals surface area contributed by atoms with Gasteiger partial charge in [0.05, 0.1) is 18.8 Å². The second kappa shape index (κ2) is 10.1. The lowest BCUT2D eigenvalue weighted by atomic mass is 9.87. The van der Waals surface area contributed by atoms with Gasteiger partial charge in [-0.25, -0.2) is 32.3 Å². The highest BCUT2D eigenvalue weighted by Crippen LogP contribution is 2.41. The number of nitrogens with one attached hydrogen (secondary N) is 1.